The normalized spacial score (nSPS) is 13.9. The molecule has 0 radical (unpaired) electrons. The lowest BCUT2D eigenvalue weighted by atomic mass is 10.1. The molecule has 0 heterocycles. The number of hydrogen-bond donors (Lipinski definition) is 2. The lowest BCUT2D eigenvalue weighted by Gasteiger charge is -2.09. The maximum absolute atomic E-state index is 12.0. The van der Waals surface area contributed by atoms with Gasteiger partial charge in [-0.1, -0.05) is 12.1 Å². The highest BCUT2D eigenvalue weighted by molar-refractivity contribution is 8.00. The van der Waals surface area contributed by atoms with Crippen molar-refractivity contribution >= 4 is 11.8 Å². The van der Waals surface area contributed by atoms with Gasteiger partial charge in [0.25, 0.3) is 0 Å². The molecule has 1 aromatic rings. The van der Waals surface area contributed by atoms with E-state index in [1.54, 1.807) is 0 Å². The number of halogens is 3. The minimum atomic E-state index is -4.28. The van der Waals surface area contributed by atoms with E-state index in [0.717, 1.165) is 0 Å². The summed E-state index contributed by atoms with van der Waals surface area (Å²) in [5.41, 5.74) is 1.44. The summed E-state index contributed by atoms with van der Waals surface area (Å²) in [4.78, 5) is 0.0930. The molecule has 3 N–H and O–H groups in total. The molecule has 0 saturated heterocycles. The van der Waals surface area contributed by atoms with Crippen LogP contribution in [0.4, 0.5) is 13.2 Å². The minimum absolute atomic E-state index is 0.0474. The van der Waals surface area contributed by atoms with Crippen LogP contribution in [-0.4, -0.2) is 17.2 Å². The zero-order valence-electron chi connectivity index (χ0n) is 7.66. The van der Waals surface area contributed by atoms with E-state index in [1.807, 2.05) is 0 Å². The monoisotopic (exact) mass is 237 g/mol. The highest BCUT2D eigenvalue weighted by atomic mass is 32.2. The van der Waals surface area contributed by atoms with Crippen molar-refractivity contribution in [2.45, 2.75) is 16.5 Å². The minimum Gasteiger partial charge on any atom is -0.387 e. The fourth-order valence-corrected chi connectivity index (χ4v) is 1.57. The molecule has 1 atom stereocenters. The van der Waals surface area contributed by atoms with Crippen molar-refractivity contribution in [2.75, 3.05) is 6.54 Å². The number of rotatable bonds is 3. The van der Waals surface area contributed by atoms with Crippen molar-refractivity contribution in [2.24, 2.45) is 5.73 Å². The van der Waals surface area contributed by atoms with Crippen molar-refractivity contribution in [3.63, 3.8) is 0 Å². The quantitative estimate of drug-likeness (QED) is 0.793. The average Bonchev–Trinajstić information content (AvgIpc) is 2.15. The van der Waals surface area contributed by atoms with Crippen LogP contribution in [0.5, 0.6) is 0 Å². The smallest absolute Gasteiger partial charge is 0.387 e. The lowest BCUT2D eigenvalue weighted by Crippen LogP contribution is -2.11. The Kier molecular flexibility index (Phi) is 4.01. The molecule has 0 fully saturated rings. The van der Waals surface area contributed by atoms with Crippen molar-refractivity contribution in [3.05, 3.63) is 29.8 Å². The van der Waals surface area contributed by atoms with Gasteiger partial charge < -0.3 is 10.8 Å². The van der Waals surface area contributed by atoms with Gasteiger partial charge in [-0.05, 0) is 29.5 Å². The van der Waals surface area contributed by atoms with Crippen LogP contribution in [0.3, 0.4) is 0 Å². The van der Waals surface area contributed by atoms with Crippen molar-refractivity contribution in [1.29, 1.82) is 0 Å². The Bertz CT molecular complexity index is 312. The fraction of sp³-hybridized carbons (Fsp3) is 0.333. The predicted octanol–water partition coefficient (Wildman–Crippen LogP) is 2.29. The SMILES string of the molecule is NC[C@@H](O)c1ccc(SC(F)(F)F)cc1. The summed E-state index contributed by atoms with van der Waals surface area (Å²) in [6.07, 6.45) is -0.824. The molecule has 6 heteroatoms. The molecule has 0 aromatic heterocycles. The van der Waals surface area contributed by atoms with Crippen LogP contribution in [0, 0.1) is 0 Å². The van der Waals surface area contributed by atoms with Crippen LogP contribution in [0.25, 0.3) is 0 Å². The largest absolute Gasteiger partial charge is 0.446 e. The highest BCUT2D eigenvalue weighted by Crippen LogP contribution is 2.36. The average molecular weight is 237 g/mol. The molecular formula is C9H10F3NOS. The summed E-state index contributed by atoms with van der Waals surface area (Å²) in [6.45, 7) is 0.0474. The summed E-state index contributed by atoms with van der Waals surface area (Å²) in [6, 6.07) is 5.50. The molecule has 0 aliphatic carbocycles. The van der Waals surface area contributed by atoms with E-state index in [-0.39, 0.29) is 23.2 Å². The van der Waals surface area contributed by atoms with Crippen LogP contribution >= 0.6 is 11.8 Å². The molecule has 84 valence electrons. The van der Waals surface area contributed by atoms with E-state index in [9.17, 15) is 18.3 Å². The third-order valence-corrected chi connectivity index (χ3v) is 2.46. The van der Waals surface area contributed by atoms with E-state index in [1.165, 1.54) is 24.3 Å². The maximum atomic E-state index is 12.0. The second kappa shape index (κ2) is 4.87. The molecule has 2 nitrogen and oxygen atoms in total. The molecule has 0 bridgehead atoms. The second-order valence-electron chi connectivity index (χ2n) is 2.87. The van der Waals surface area contributed by atoms with Gasteiger partial charge in [-0.2, -0.15) is 13.2 Å². The summed E-state index contributed by atoms with van der Waals surface area (Å²) in [7, 11) is 0. The number of nitrogens with two attached hydrogens (primary N) is 1. The van der Waals surface area contributed by atoms with Crippen LogP contribution in [-0.2, 0) is 0 Å². The third kappa shape index (κ3) is 4.11. The molecule has 0 saturated carbocycles. The Morgan fingerprint density at radius 2 is 1.80 bits per heavy atom. The van der Waals surface area contributed by atoms with Crippen LogP contribution in [0.2, 0.25) is 0 Å². The zero-order chi connectivity index (χ0) is 11.5. The molecule has 0 aliphatic heterocycles. The number of aliphatic hydroxyl groups excluding tert-OH is 1. The van der Waals surface area contributed by atoms with E-state index in [4.69, 9.17) is 5.73 Å². The Balaban J connectivity index is 2.72. The van der Waals surface area contributed by atoms with Gasteiger partial charge in [0, 0.05) is 11.4 Å². The summed E-state index contributed by atoms with van der Waals surface area (Å²) in [5, 5.41) is 9.30. The van der Waals surface area contributed by atoms with E-state index < -0.39 is 11.6 Å². The summed E-state index contributed by atoms with van der Waals surface area (Å²) in [5.74, 6) is 0. The number of benzene rings is 1. The third-order valence-electron chi connectivity index (χ3n) is 1.72. The van der Waals surface area contributed by atoms with Crippen LogP contribution < -0.4 is 5.73 Å². The predicted molar refractivity (Wildman–Crippen MR) is 52.4 cm³/mol. The van der Waals surface area contributed by atoms with Gasteiger partial charge in [0.05, 0.1) is 6.10 Å². The Morgan fingerprint density at radius 1 is 1.27 bits per heavy atom. The molecule has 0 amide bonds. The number of aliphatic hydroxyl groups is 1. The second-order valence-corrected chi connectivity index (χ2v) is 4.01. The highest BCUT2D eigenvalue weighted by Gasteiger charge is 2.29. The molecule has 0 unspecified atom stereocenters. The molecule has 1 aromatic carbocycles. The number of hydrogen-bond acceptors (Lipinski definition) is 3. The molecular weight excluding hydrogens is 227 g/mol. The number of thioether (sulfide) groups is 1. The zero-order valence-corrected chi connectivity index (χ0v) is 8.48. The first-order chi connectivity index (χ1) is 6.92. The van der Waals surface area contributed by atoms with Crippen molar-refractivity contribution in [3.8, 4) is 0 Å². The summed E-state index contributed by atoms with van der Waals surface area (Å²) < 4.78 is 35.9. The Hall–Kier alpha value is -0.720. The Morgan fingerprint density at radius 3 is 2.20 bits per heavy atom. The first-order valence-electron chi connectivity index (χ1n) is 4.16. The van der Waals surface area contributed by atoms with Crippen LogP contribution in [0.15, 0.2) is 29.2 Å². The summed E-state index contributed by atoms with van der Waals surface area (Å²) >= 11 is -0.184. The molecule has 0 spiro atoms. The van der Waals surface area contributed by atoms with Gasteiger partial charge in [0.15, 0.2) is 0 Å². The standard InChI is InChI=1S/C9H10F3NOS/c10-9(11,12)15-7-3-1-6(2-4-7)8(14)5-13/h1-4,8,14H,5,13H2/t8-/m1/s1. The molecule has 15 heavy (non-hydrogen) atoms. The van der Waals surface area contributed by atoms with Gasteiger partial charge in [0.1, 0.15) is 0 Å². The van der Waals surface area contributed by atoms with Gasteiger partial charge in [-0.15, -0.1) is 0 Å². The van der Waals surface area contributed by atoms with E-state index in [2.05, 4.69) is 0 Å². The van der Waals surface area contributed by atoms with Crippen molar-refractivity contribution < 1.29 is 18.3 Å². The van der Waals surface area contributed by atoms with Crippen LogP contribution in [0.1, 0.15) is 11.7 Å². The first kappa shape index (κ1) is 12.4. The van der Waals surface area contributed by atoms with Gasteiger partial charge in [-0.25, -0.2) is 0 Å². The number of alkyl halides is 3. The first-order valence-corrected chi connectivity index (χ1v) is 4.98. The lowest BCUT2D eigenvalue weighted by molar-refractivity contribution is -0.0328. The Labute approximate surface area is 89.3 Å². The van der Waals surface area contributed by atoms with Gasteiger partial charge in [-0.3, -0.25) is 0 Å². The maximum Gasteiger partial charge on any atom is 0.446 e. The van der Waals surface area contributed by atoms with Gasteiger partial charge >= 0.3 is 5.51 Å². The molecule has 1 rings (SSSR count). The molecule has 0 aliphatic rings. The fourth-order valence-electron chi connectivity index (χ4n) is 1.03. The van der Waals surface area contributed by atoms with Crippen molar-refractivity contribution in [1.82, 2.24) is 0 Å². The topological polar surface area (TPSA) is 46.2 Å². The van der Waals surface area contributed by atoms with E-state index >= 15 is 0 Å². The van der Waals surface area contributed by atoms with Gasteiger partial charge in [0.2, 0.25) is 0 Å². The van der Waals surface area contributed by atoms with E-state index in [0.29, 0.717) is 5.56 Å².